The largest absolute Gasteiger partial charge is 0.364 e. The van der Waals surface area contributed by atoms with Gasteiger partial charge in [-0.3, -0.25) is 0 Å². The smallest absolute Gasteiger partial charge is 0.0522 e. The molecule has 0 radical (unpaired) electrons. The standard InChI is InChI=1S/C11H21N3/c1-11(2,6-7-12)10(13-3)9-5-4-8-14-9/h4-5,8,10,13-14H,6-7,12H2,1-3H3. The Morgan fingerprint density at radius 3 is 2.71 bits per heavy atom. The van der Waals surface area contributed by atoms with Crippen molar-refractivity contribution in [1.29, 1.82) is 0 Å². The number of nitrogens with two attached hydrogens (primary N) is 1. The number of rotatable bonds is 5. The summed E-state index contributed by atoms with van der Waals surface area (Å²) in [7, 11) is 1.99. The Hall–Kier alpha value is -0.800. The maximum atomic E-state index is 5.62. The fourth-order valence-corrected chi connectivity index (χ4v) is 2.01. The first-order chi connectivity index (χ1) is 6.61. The predicted molar refractivity (Wildman–Crippen MR) is 60.0 cm³/mol. The molecule has 14 heavy (non-hydrogen) atoms. The Bertz CT molecular complexity index is 252. The molecular formula is C11H21N3. The Morgan fingerprint density at radius 2 is 2.29 bits per heavy atom. The fourth-order valence-electron chi connectivity index (χ4n) is 2.01. The highest BCUT2D eigenvalue weighted by Gasteiger charge is 2.29. The molecule has 0 spiro atoms. The van der Waals surface area contributed by atoms with Gasteiger partial charge in [0.25, 0.3) is 0 Å². The summed E-state index contributed by atoms with van der Waals surface area (Å²) < 4.78 is 0. The van der Waals surface area contributed by atoms with Gasteiger partial charge in [0.2, 0.25) is 0 Å². The van der Waals surface area contributed by atoms with E-state index >= 15 is 0 Å². The molecule has 1 atom stereocenters. The van der Waals surface area contributed by atoms with E-state index in [1.165, 1.54) is 5.69 Å². The minimum absolute atomic E-state index is 0.175. The third kappa shape index (κ3) is 2.36. The molecule has 80 valence electrons. The summed E-state index contributed by atoms with van der Waals surface area (Å²) in [6.07, 6.45) is 2.97. The van der Waals surface area contributed by atoms with E-state index in [9.17, 15) is 0 Å². The molecule has 0 aliphatic carbocycles. The molecule has 1 heterocycles. The molecule has 1 unspecified atom stereocenters. The van der Waals surface area contributed by atoms with Crippen LogP contribution >= 0.6 is 0 Å². The topological polar surface area (TPSA) is 53.8 Å². The van der Waals surface area contributed by atoms with Gasteiger partial charge in [0, 0.05) is 11.9 Å². The molecule has 0 aliphatic heterocycles. The van der Waals surface area contributed by atoms with Gasteiger partial charge in [-0.05, 0) is 37.6 Å². The van der Waals surface area contributed by atoms with Crippen molar-refractivity contribution < 1.29 is 0 Å². The molecule has 3 heteroatoms. The van der Waals surface area contributed by atoms with Crippen LogP contribution in [0.4, 0.5) is 0 Å². The number of hydrogen-bond acceptors (Lipinski definition) is 2. The highest BCUT2D eigenvalue weighted by atomic mass is 14.9. The van der Waals surface area contributed by atoms with Crippen LogP contribution in [-0.2, 0) is 0 Å². The Balaban J connectivity index is 2.81. The minimum Gasteiger partial charge on any atom is -0.364 e. The summed E-state index contributed by atoms with van der Waals surface area (Å²) >= 11 is 0. The van der Waals surface area contributed by atoms with E-state index in [2.05, 4.69) is 30.2 Å². The van der Waals surface area contributed by atoms with E-state index in [1.807, 2.05) is 19.3 Å². The zero-order valence-corrected chi connectivity index (χ0v) is 9.30. The van der Waals surface area contributed by atoms with Crippen LogP contribution in [0.15, 0.2) is 18.3 Å². The van der Waals surface area contributed by atoms with Crippen LogP contribution in [0.1, 0.15) is 32.0 Å². The molecule has 0 aromatic carbocycles. The zero-order valence-electron chi connectivity index (χ0n) is 9.30. The quantitative estimate of drug-likeness (QED) is 0.669. The summed E-state index contributed by atoms with van der Waals surface area (Å²) in [5.41, 5.74) is 7.03. The van der Waals surface area contributed by atoms with Gasteiger partial charge in [-0.25, -0.2) is 0 Å². The average Bonchev–Trinajstić information content (AvgIpc) is 2.57. The van der Waals surface area contributed by atoms with E-state index in [0.29, 0.717) is 6.04 Å². The van der Waals surface area contributed by atoms with Crippen molar-refractivity contribution in [2.45, 2.75) is 26.3 Å². The van der Waals surface area contributed by atoms with Crippen molar-refractivity contribution in [3.05, 3.63) is 24.0 Å². The van der Waals surface area contributed by atoms with E-state index in [-0.39, 0.29) is 5.41 Å². The fraction of sp³-hybridized carbons (Fsp3) is 0.636. The van der Waals surface area contributed by atoms with Gasteiger partial charge in [0.05, 0.1) is 6.04 Å². The summed E-state index contributed by atoms with van der Waals surface area (Å²) in [5.74, 6) is 0. The molecule has 1 rings (SSSR count). The number of aromatic nitrogens is 1. The van der Waals surface area contributed by atoms with Crippen LogP contribution in [0.2, 0.25) is 0 Å². The van der Waals surface area contributed by atoms with Crippen LogP contribution in [-0.4, -0.2) is 18.6 Å². The lowest BCUT2D eigenvalue weighted by molar-refractivity contribution is 0.235. The van der Waals surface area contributed by atoms with Crippen molar-refractivity contribution in [3.8, 4) is 0 Å². The van der Waals surface area contributed by atoms with Crippen molar-refractivity contribution in [3.63, 3.8) is 0 Å². The highest BCUT2D eigenvalue weighted by Crippen LogP contribution is 2.34. The maximum Gasteiger partial charge on any atom is 0.0522 e. The molecule has 0 aliphatic rings. The molecule has 0 saturated carbocycles. The second-order valence-electron chi connectivity index (χ2n) is 4.37. The lowest BCUT2D eigenvalue weighted by Gasteiger charge is -2.33. The molecule has 0 saturated heterocycles. The SMILES string of the molecule is CNC(c1ccc[nH]1)C(C)(C)CCN. The molecule has 1 aromatic rings. The Morgan fingerprint density at radius 1 is 1.57 bits per heavy atom. The second kappa shape index (κ2) is 4.62. The van der Waals surface area contributed by atoms with Crippen LogP contribution in [0, 0.1) is 5.41 Å². The lowest BCUT2D eigenvalue weighted by Crippen LogP contribution is -2.34. The van der Waals surface area contributed by atoms with Crippen molar-refractivity contribution in [2.24, 2.45) is 11.1 Å². The van der Waals surface area contributed by atoms with Gasteiger partial charge in [0.1, 0.15) is 0 Å². The van der Waals surface area contributed by atoms with Crippen LogP contribution in [0.25, 0.3) is 0 Å². The molecular weight excluding hydrogens is 174 g/mol. The van der Waals surface area contributed by atoms with E-state index < -0.39 is 0 Å². The average molecular weight is 195 g/mol. The van der Waals surface area contributed by atoms with Gasteiger partial charge < -0.3 is 16.0 Å². The molecule has 3 nitrogen and oxygen atoms in total. The Kier molecular flexibility index (Phi) is 3.72. The van der Waals surface area contributed by atoms with Crippen LogP contribution in [0.3, 0.4) is 0 Å². The molecule has 0 bridgehead atoms. The number of H-pyrrole nitrogens is 1. The van der Waals surface area contributed by atoms with Gasteiger partial charge in [-0.2, -0.15) is 0 Å². The Labute approximate surface area is 86.1 Å². The second-order valence-corrected chi connectivity index (χ2v) is 4.37. The lowest BCUT2D eigenvalue weighted by atomic mass is 9.80. The van der Waals surface area contributed by atoms with Gasteiger partial charge in [-0.15, -0.1) is 0 Å². The summed E-state index contributed by atoms with van der Waals surface area (Å²) in [6.45, 7) is 5.20. The molecule has 0 fully saturated rings. The number of nitrogens with one attached hydrogen (secondary N) is 2. The monoisotopic (exact) mass is 195 g/mol. The van der Waals surface area contributed by atoms with Gasteiger partial charge >= 0.3 is 0 Å². The van der Waals surface area contributed by atoms with Gasteiger partial charge in [0.15, 0.2) is 0 Å². The minimum atomic E-state index is 0.175. The van der Waals surface area contributed by atoms with E-state index in [4.69, 9.17) is 5.73 Å². The predicted octanol–water partition coefficient (Wildman–Crippen LogP) is 1.65. The normalized spacial score (nSPS) is 14.3. The molecule has 4 N–H and O–H groups in total. The van der Waals surface area contributed by atoms with Crippen molar-refractivity contribution in [1.82, 2.24) is 10.3 Å². The summed E-state index contributed by atoms with van der Waals surface area (Å²) in [5, 5.41) is 3.34. The zero-order chi connectivity index (χ0) is 10.6. The van der Waals surface area contributed by atoms with Gasteiger partial charge in [-0.1, -0.05) is 13.8 Å². The maximum absolute atomic E-state index is 5.62. The number of hydrogen-bond donors (Lipinski definition) is 3. The first kappa shape index (κ1) is 11.3. The van der Waals surface area contributed by atoms with Crippen molar-refractivity contribution >= 4 is 0 Å². The third-order valence-electron chi connectivity index (χ3n) is 2.79. The van der Waals surface area contributed by atoms with Crippen molar-refractivity contribution in [2.75, 3.05) is 13.6 Å². The van der Waals surface area contributed by atoms with Crippen LogP contribution in [0.5, 0.6) is 0 Å². The summed E-state index contributed by atoms with van der Waals surface area (Å²) in [6, 6.07) is 4.47. The molecule has 0 amide bonds. The summed E-state index contributed by atoms with van der Waals surface area (Å²) in [4.78, 5) is 3.25. The molecule has 1 aromatic heterocycles. The van der Waals surface area contributed by atoms with Crippen LogP contribution < -0.4 is 11.1 Å². The first-order valence-corrected chi connectivity index (χ1v) is 5.12. The van der Waals surface area contributed by atoms with E-state index in [1.54, 1.807) is 0 Å². The number of aromatic amines is 1. The highest BCUT2D eigenvalue weighted by molar-refractivity contribution is 5.12. The third-order valence-corrected chi connectivity index (χ3v) is 2.79. The van der Waals surface area contributed by atoms with E-state index in [0.717, 1.165) is 13.0 Å². The first-order valence-electron chi connectivity index (χ1n) is 5.12.